The van der Waals surface area contributed by atoms with Crippen molar-refractivity contribution in [1.29, 1.82) is 0 Å². The molecule has 8 heteroatoms. The second kappa shape index (κ2) is 9.24. The number of esters is 1. The van der Waals surface area contributed by atoms with Gasteiger partial charge in [0.1, 0.15) is 6.04 Å². The van der Waals surface area contributed by atoms with Gasteiger partial charge in [-0.2, -0.15) is 0 Å². The Kier molecular flexibility index (Phi) is 7.34. The van der Waals surface area contributed by atoms with Crippen LogP contribution in [0.4, 0.5) is 0 Å². The van der Waals surface area contributed by atoms with Crippen molar-refractivity contribution in [3.8, 4) is 0 Å². The Bertz CT molecular complexity index is 807. The Labute approximate surface area is 184 Å². The number of nitrogens with zero attached hydrogens (tertiary/aromatic N) is 1. The number of ketones is 1. The minimum absolute atomic E-state index is 0.0912. The molecule has 2 aliphatic rings. The summed E-state index contributed by atoms with van der Waals surface area (Å²) in [6.45, 7) is 11.5. The molecular weight excluding hydrogens is 400 g/mol. The van der Waals surface area contributed by atoms with Crippen molar-refractivity contribution in [1.82, 2.24) is 10.2 Å². The number of carbonyl (C=O) groups excluding carboxylic acids is 4. The minimum atomic E-state index is -0.954. The first-order valence-electron chi connectivity index (χ1n) is 10.6. The first-order valence-corrected chi connectivity index (χ1v) is 10.6. The topological polar surface area (TPSA) is 102 Å². The zero-order chi connectivity index (χ0) is 23.6. The summed E-state index contributed by atoms with van der Waals surface area (Å²) in [7, 11) is 1.39. The average molecular weight is 435 g/mol. The number of methoxy groups -OCH3 is 1. The van der Waals surface area contributed by atoms with Crippen LogP contribution in [-0.4, -0.2) is 60.8 Å². The van der Waals surface area contributed by atoms with Gasteiger partial charge in [-0.25, -0.2) is 0 Å². The van der Waals surface area contributed by atoms with E-state index in [0.29, 0.717) is 0 Å². The summed E-state index contributed by atoms with van der Waals surface area (Å²) < 4.78 is 10.3. The monoisotopic (exact) mass is 434 g/mol. The van der Waals surface area contributed by atoms with E-state index in [1.807, 2.05) is 34.6 Å². The Morgan fingerprint density at radius 2 is 1.94 bits per heavy atom. The molecule has 0 bridgehead atoms. The van der Waals surface area contributed by atoms with Crippen LogP contribution in [0.1, 0.15) is 48.0 Å². The highest BCUT2D eigenvalue weighted by atomic mass is 16.5. The molecule has 1 aliphatic carbocycles. The second-order valence-electron chi connectivity index (χ2n) is 9.48. The lowest BCUT2D eigenvalue weighted by atomic mass is 9.73. The molecule has 0 aromatic carbocycles. The predicted molar refractivity (Wildman–Crippen MR) is 115 cm³/mol. The maximum absolute atomic E-state index is 13.6. The third kappa shape index (κ3) is 5.17. The molecule has 0 aromatic rings. The van der Waals surface area contributed by atoms with E-state index in [1.54, 1.807) is 19.1 Å². The van der Waals surface area contributed by atoms with Crippen molar-refractivity contribution in [2.45, 2.75) is 60.0 Å². The lowest BCUT2D eigenvalue weighted by Crippen LogP contribution is -2.55. The quantitative estimate of drug-likeness (QED) is 0.615. The molecule has 2 amide bonds. The van der Waals surface area contributed by atoms with E-state index < -0.39 is 28.8 Å². The Hall–Kier alpha value is -2.64. The summed E-state index contributed by atoms with van der Waals surface area (Å²) in [5.41, 5.74) is -1.51. The molecule has 0 aromatic heterocycles. The number of ether oxygens (including phenoxy) is 2. The Morgan fingerprint density at radius 1 is 1.29 bits per heavy atom. The van der Waals surface area contributed by atoms with Crippen LogP contribution in [0.2, 0.25) is 0 Å². The SMILES string of the molecule is CCOC(=O)C[C@H]1C(=O)N(C(C(=O)NC(C)C)C(C)(C)C)C[C@]12C=CC(=O)C(OC)=C2. The molecule has 1 heterocycles. The fraction of sp³-hybridized carbons (Fsp3) is 0.652. The van der Waals surface area contributed by atoms with E-state index in [1.165, 1.54) is 18.1 Å². The molecule has 0 radical (unpaired) electrons. The highest BCUT2D eigenvalue weighted by Crippen LogP contribution is 2.47. The molecule has 1 unspecified atom stereocenters. The Balaban J connectivity index is 2.54. The van der Waals surface area contributed by atoms with Crippen molar-refractivity contribution in [3.05, 3.63) is 24.0 Å². The Morgan fingerprint density at radius 3 is 2.45 bits per heavy atom. The summed E-state index contributed by atoms with van der Waals surface area (Å²) in [4.78, 5) is 52.7. The summed E-state index contributed by atoms with van der Waals surface area (Å²) in [6.07, 6.45) is 4.48. The van der Waals surface area contributed by atoms with Crippen LogP contribution < -0.4 is 5.32 Å². The van der Waals surface area contributed by atoms with E-state index in [9.17, 15) is 19.2 Å². The van der Waals surface area contributed by atoms with Gasteiger partial charge >= 0.3 is 5.97 Å². The molecular formula is C23H34N2O6. The number of likely N-dealkylation sites (tertiary alicyclic amines) is 1. The standard InChI is InChI=1S/C23H34N2O6/c1-8-31-18(27)11-15-21(29)25(19(22(4,5)6)20(28)24-14(2)3)13-23(15)10-9-16(26)17(12-23)30-7/h9-10,12,14-15,19H,8,11,13H2,1-7H3,(H,24,28)/t15-,19?,23+/m0/s1. The van der Waals surface area contributed by atoms with Gasteiger partial charge in [-0.05, 0) is 38.3 Å². The highest BCUT2D eigenvalue weighted by Gasteiger charge is 2.56. The van der Waals surface area contributed by atoms with Crippen LogP contribution in [0.15, 0.2) is 24.0 Å². The molecule has 8 nitrogen and oxygen atoms in total. The zero-order valence-corrected chi connectivity index (χ0v) is 19.5. The van der Waals surface area contributed by atoms with Crippen LogP contribution in [0.5, 0.6) is 0 Å². The minimum Gasteiger partial charge on any atom is -0.493 e. The van der Waals surface area contributed by atoms with E-state index in [0.717, 1.165) is 0 Å². The zero-order valence-electron chi connectivity index (χ0n) is 19.5. The molecule has 1 saturated heterocycles. The van der Waals surface area contributed by atoms with Crippen LogP contribution in [0.3, 0.4) is 0 Å². The van der Waals surface area contributed by atoms with E-state index in [4.69, 9.17) is 9.47 Å². The van der Waals surface area contributed by atoms with Gasteiger partial charge in [0.05, 0.1) is 26.1 Å². The molecule has 1 spiro atoms. The molecule has 1 fully saturated rings. The van der Waals surface area contributed by atoms with Gasteiger partial charge in [0.15, 0.2) is 5.76 Å². The van der Waals surface area contributed by atoms with Crippen LogP contribution in [0, 0.1) is 16.7 Å². The van der Waals surface area contributed by atoms with Gasteiger partial charge in [-0.3, -0.25) is 19.2 Å². The normalized spacial score (nSPS) is 24.5. The van der Waals surface area contributed by atoms with E-state index in [2.05, 4.69) is 5.32 Å². The van der Waals surface area contributed by atoms with Crippen molar-refractivity contribution >= 4 is 23.6 Å². The number of allylic oxidation sites excluding steroid dienone is 1. The van der Waals surface area contributed by atoms with Gasteiger partial charge in [0.25, 0.3) is 0 Å². The van der Waals surface area contributed by atoms with Crippen molar-refractivity contribution in [3.63, 3.8) is 0 Å². The summed E-state index contributed by atoms with van der Waals surface area (Å²) in [5, 5.41) is 2.90. The molecule has 31 heavy (non-hydrogen) atoms. The fourth-order valence-electron chi connectivity index (χ4n) is 4.31. The summed E-state index contributed by atoms with van der Waals surface area (Å²) in [5.74, 6) is -2.08. The number of rotatable bonds is 7. The van der Waals surface area contributed by atoms with E-state index >= 15 is 0 Å². The average Bonchev–Trinajstić information content (AvgIpc) is 2.88. The predicted octanol–water partition coefficient (Wildman–Crippen LogP) is 1.99. The third-order valence-electron chi connectivity index (χ3n) is 5.57. The van der Waals surface area contributed by atoms with Gasteiger partial charge < -0.3 is 19.7 Å². The molecule has 1 aliphatic heterocycles. The van der Waals surface area contributed by atoms with E-state index in [-0.39, 0.29) is 49.0 Å². The molecule has 1 N–H and O–H groups in total. The molecule has 172 valence electrons. The molecule has 3 atom stereocenters. The maximum atomic E-state index is 13.6. The largest absolute Gasteiger partial charge is 0.493 e. The van der Waals surface area contributed by atoms with Gasteiger partial charge in [0, 0.05) is 18.0 Å². The first-order chi connectivity index (χ1) is 14.4. The number of hydrogen-bond donors (Lipinski definition) is 1. The van der Waals surface area contributed by atoms with Crippen LogP contribution in [-0.2, 0) is 28.7 Å². The fourth-order valence-corrected chi connectivity index (χ4v) is 4.31. The lowest BCUT2D eigenvalue weighted by Gasteiger charge is -2.38. The van der Waals surface area contributed by atoms with Gasteiger partial charge in [-0.1, -0.05) is 26.8 Å². The number of carbonyl (C=O) groups is 4. The number of amides is 2. The van der Waals surface area contributed by atoms with Crippen molar-refractivity contribution < 1.29 is 28.7 Å². The smallest absolute Gasteiger partial charge is 0.306 e. The molecule has 2 rings (SSSR count). The van der Waals surface area contributed by atoms with Crippen molar-refractivity contribution in [2.75, 3.05) is 20.3 Å². The van der Waals surface area contributed by atoms with Crippen LogP contribution >= 0.6 is 0 Å². The maximum Gasteiger partial charge on any atom is 0.306 e. The first kappa shape index (κ1) is 24.6. The van der Waals surface area contributed by atoms with Gasteiger partial charge in [0.2, 0.25) is 17.6 Å². The summed E-state index contributed by atoms with van der Waals surface area (Å²) in [6, 6.07) is -0.844. The summed E-state index contributed by atoms with van der Waals surface area (Å²) >= 11 is 0. The number of nitrogens with one attached hydrogen (secondary N) is 1. The third-order valence-corrected chi connectivity index (χ3v) is 5.57. The van der Waals surface area contributed by atoms with Crippen LogP contribution in [0.25, 0.3) is 0 Å². The van der Waals surface area contributed by atoms with Crippen molar-refractivity contribution in [2.24, 2.45) is 16.7 Å². The second-order valence-corrected chi connectivity index (χ2v) is 9.48. The lowest BCUT2D eigenvalue weighted by molar-refractivity contribution is -0.149. The molecule has 0 saturated carbocycles. The highest BCUT2D eigenvalue weighted by molar-refractivity contribution is 6.04. The van der Waals surface area contributed by atoms with Gasteiger partial charge in [-0.15, -0.1) is 0 Å². The number of hydrogen-bond acceptors (Lipinski definition) is 6.